The minimum absolute atomic E-state index is 0.0562. The lowest BCUT2D eigenvalue weighted by Gasteiger charge is -2.36. The van der Waals surface area contributed by atoms with Crippen LogP contribution in [-0.4, -0.2) is 41.6 Å². The summed E-state index contributed by atoms with van der Waals surface area (Å²) in [6.07, 6.45) is 0.454. The number of hydrogen-bond donors (Lipinski definition) is 1. The van der Waals surface area contributed by atoms with Crippen molar-refractivity contribution >= 4 is 40.5 Å². The topological polar surface area (TPSA) is 72.5 Å². The molecule has 1 amide bonds. The van der Waals surface area contributed by atoms with Crippen LogP contribution in [0.2, 0.25) is 0 Å². The van der Waals surface area contributed by atoms with E-state index in [0.717, 1.165) is 34.0 Å². The Hall–Kier alpha value is -3.81. The maximum atomic E-state index is 13.7. The maximum Gasteiger partial charge on any atom is 0.329 e. The van der Waals surface area contributed by atoms with Crippen molar-refractivity contribution in [1.29, 1.82) is 0 Å². The third kappa shape index (κ3) is 7.93. The average Bonchev–Trinajstić information content (AvgIpc) is 3.04. The molecule has 216 valence electrons. The zero-order chi connectivity index (χ0) is 29.8. The number of hydrogen-bond acceptors (Lipinski definition) is 6. The summed E-state index contributed by atoms with van der Waals surface area (Å²) in [6.45, 7) is 1.49. The molecule has 0 fully saturated rings. The molecule has 1 unspecified atom stereocenters. The molecule has 0 aliphatic rings. The predicted octanol–water partition coefficient (Wildman–Crippen LogP) is 6.51. The minimum atomic E-state index is -0.899. The first-order valence-electron chi connectivity index (χ1n) is 13.8. The number of rotatable bonds is 13. The maximum absolute atomic E-state index is 13.7. The Kier molecular flexibility index (Phi) is 11.4. The predicted molar refractivity (Wildman–Crippen MR) is 172 cm³/mol. The van der Waals surface area contributed by atoms with Crippen molar-refractivity contribution in [1.82, 2.24) is 5.32 Å². The lowest BCUT2D eigenvalue weighted by Crippen LogP contribution is -2.47. The van der Waals surface area contributed by atoms with Crippen molar-refractivity contribution in [3.8, 4) is 0 Å². The first kappa shape index (κ1) is 31.1. The monoisotopic (exact) mass is 597 g/mol. The van der Waals surface area contributed by atoms with Gasteiger partial charge >= 0.3 is 5.97 Å². The molecule has 0 saturated heterocycles. The van der Waals surface area contributed by atoms with Crippen LogP contribution in [0.5, 0.6) is 0 Å². The first-order valence-corrected chi connectivity index (χ1v) is 15.8. The van der Waals surface area contributed by atoms with E-state index in [0.29, 0.717) is 12.2 Å². The highest BCUT2D eigenvalue weighted by Crippen LogP contribution is 2.48. The number of carbonyl (C=O) groups excluding carboxylic acids is 3. The van der Waals surface area contributed by atoms with E-state index in [1.807, 2.05) is 84.9 Å². The van der Waals surface area contributed by atoms with Crippen LogP contribution in [-0.2, 0) is 30.3 Å². The van der Waals surface area contributed by atoms with E-state index >= 15 is 0 Å². The second-order valence-electron chi connectivity index (χ2n) is 9.86. The molecule has 1 N–H and O–H groups in total. The highest BCUT2D eigenvalue weighted by atomic mass is 32.2. The summed E-state index contributed by atoms with van der Waals surface area (Å²) in [5, 5.41) is 2.92. The van der Waals surface area contributed by atoms with E-state index in [-0.39, 0.29) is 16.8 Å². The van der Waals surface area contributed by atoms with Crippen molar-refractivity contribution in [3.63, 3.8) is 0 Å². The zero-order valence-electron chi connectivity index (χ0n) is 23.8. The highest BCUT2D eigenvalue weighted by Gasteiger charge is 2.39. The van der Waals surface area contributed by atoms with Gasteiger partial charge in [-0.1, -0.05) is 133 Å². The molecule has 4 aromatic rings. The van der Waals surface area contributed by atoms with Gasteiger partial charge in [0.2, 0.25) is 5.91 Å². The van der Waals surface area contributed by atoms with E-state index in [9.17, 15) is 14.4 Å². The van der Waals surface area contributed by atoms with Gasteiger partial charge in [-0.15, -0.1) is 11.8 Å². The third-order valence-electron chi connectivity index (χ3n) is 6.99. The van der Waals surface area contributed by atoms with Crippen LogP contribution < -0.4 is 5.32 Å². The van der Waals surface area contributed by atoms with Crippen molar-refractivity contribution in [2.75, 3.05) is 18.6 Å². The molecule has 0 saturated carbocycles. The van der Waals surface area contributed by atoms with Crippen LogP contribution >= 0.6 is 23.5 Å². The van der Waals surface area contributed by atoms with Crippen LogP contribution in [0.3, 0.4) is 0 Å². The fourth-order valence-corrected chi connectivity index (χ4v) is 7.17. The number of ether oxygens (including phenoxy) is 1. The van der Waals surface area contributed by atoms with E-state index in [4.69, 9.17) is 4.74 Å². The van der Waals surface area contributed by atoms with E-state index in [2.05, 4.69) is 41.7 Å². The summed E-state index contributed by atoms with van der Waals surface area (Å²) >= 11 is 2.70. The Morgan fingerprint density at radius 1 is 0.714 bits per heavy atom. The molecular formula is C35H35NO4S2. The minimum Gasteiger partial charge on any atom is -0.467 e. The van der Waals surface area contributed by atoms with Crippen LogP contribution in [0.25, 0.3) is 0 Å². The Balaban J connectivity index is 1.67. The van der Waals surface area contributed by atoms with Crippen molar-refractivity contribution in [2.24, 2.45) is 5.92 Å². The molecule has 0 aromatic heterocycles. The summed E-state index contributed by atoms with van der Waals surface area (Å²) in [6, 6.07) is 39.4. The standard InChI is InChI=1S/C35H35NO4S2/c1-26(37)41-24-28(23-27-15-7-3-8-16-27)33(38)36-32(34(39)40-2)25-42-35(29-17-9-4-10-18-29,30-19-11-5-12-20-30)31-21-13-6-14-22-31/h3-22,28,32H,23-25H2,1-2H3,(H,36,38)/t28?,32-/m0/s1. The normalized spacial score (nSPS) is 12.6. The van der Waals surface area contributed by atoms with E-state index < -0.39 is 22.7 Å². The van der Waals surface area contributed by atoms with Crippen LogP contribution in [0, 0.1) is 5.92 Å². The fraction of sp³-hybridized carbons (Fsp3) is 0.229. The Bertz CT molecular complexity index is 1340. The number of thioether (sulfide) groups is 2. The number of carbonyl (C=O) groups is 3. The van der Waals surface area contributed by atoms with Crippen LogP contribution in [0.1, 0.15) is 29.2 Å². The van der Waals surface area contributed by atoms with E-state index in [1.54, 1.807) is 11.8 Å². The lowest BCUT2D eigenvalue weighted by atomic mass is 9.84. The Labute approximate surface area is 256 Å². The smallest absolute Gasteiger partial charge is 0.329 e. The molecule has 0 aliphatic carbocycles. The molecule has 0 spiro atoms. The van der Waals surface area contributed by atoms with Gasteiger partial charge in [-0.3, -0.25) is 9.59 Å². The molecule has 2 atom stereocenters. The van der Waals surface area contributed by atoms with Gasteiger partial charge in [-0.2, -0.15) is 0 Å². The van der Waals surface area contributed by atoms with Gasteiger partial charge in [0, 0.05) is 18.4 Å². The van der Waals surface area contributed by atoms with Gasteiger partial charge in [0.25, 0.3) is 0 Å². The average molecular weight is 598 g/mol. The number of amides is 1. The Morgan fingerprint density at radius 3 is 1.60 bits per heavy atom. The van der Waals surface area contributed by atoms with Crippen molar-refractivity contribution in [2.45, 2.75) is 24.1 Å². The van der Waals surface area contributed by atoms with Gasteiger partial charge in [0.1, 0.15) is 6.04 Å². The number of methoxy groups -OCH3 is 1. The summed E-state index contributed by atoms with van der Waals surface area (Å²) in [5.41, 5.74) is 4.16. The van der Waals surface area contributed by atoms with Gasteiger partial charge < -0.3 is 10.1 Å². The molecular weight excluding hydrogens is 563 g/mol. The van der Waals surface area contributed by atoms with Gasteiger partial charge in [0.15, 0.2) is 5.12 Å². The molecule has 0 bridgehead atoms. The van der Waals surface area contributed by atoms with Gasteiger partial charge in [-0.25, -0.2) is 4.79 Å². The molecule has 5 nitrogen and oxygen atoms in total. The van der Waals surface area contributed by atoms with E-state index in [1.165, 1.54) is 14.0 Å². The molecule has 4 rings (SSSR count). The second-order valence-corrected chi connectivity index (χ2v) is 12.3. The zero-order valence-corrected chi connectivity index (χ0v) is 25.4. The quantitative estimate of drug-likeness (QED) is 0.140. The SMILES string of the molecule is COC(=O)[C@H](CSC(c1ccccc1)(c1ccccc1)c1ccccc1)NC(=O)C(CSC(C)=O)Cc1ccccc1. The van der Waals surface area contributed by atoms with Crippen molar-refractivity contribution in [3.05, 3.63) is 144 Å². The summed E-state index contributed by atoms with van der Waals surface area (Å²) in [5.74, 6) is -0.723. The second kappa shape index (κ2) is 15.4. The van der Waals surface area contributed by atoms with Gasteiger partial charge in [-0.05, 0) is 28.7 Å². The molecule has 7 heteroatoms. The first-order chi connectivity index (χ1) is 20.4. The van der Waals surface area contributed by atoms with Crippen molar-refractivity contribution < 1.29 is 19.1 Å². The fourth-order valence-electron chi connectivity index (χ4n) is 4.92. The molecule has 0 aliphatic heterocycles. The largest absolute Gasteiger partial charge is 0.467 e. The number of esters is 1. The lowest BCUT2D eigenvalue weighted by molar-refractivity contribution is -0.144. The Morgan fingerprint density at radius 2 is 1.17 bits per heavy atom. The summed E-state index contributed by atoms with van der Waals surface area (Å²) < 4.78 is 4.51. The molecule has 0 radical (unpaired) electrons. The third-order valence-corrected chi connectivity index (χ3v) is 9.61. The molecule has 4 aromatic carbocycles. The summed E-state index contributed by atoms with van der Waals surface area (Å²) in [4.78, 5) is 38.6. The number of nitrogens with one attached hydrogen (secondary N) is 1. The summed E-state index contributed by atoms with van der Waals surface area (Å²) in [7, 11) is 1.33. The number of benzene rings is 4. The van der Waals surface area contributed by atoms with Crippen LogP contribution in [0.4, 0.5) is 0 Å². The molecule has 0 heterocycles. The van der Waals surface area contributed by atoms with Crippen LogP contribution in [0.15, 0.2) is 121 Å². The highest BCUT2D eigenvalue weighted by molar-refractivity contribution is 8.13. The molecule has 42 heavy (non-hydrogen) atoms. The van der Waals surface area contributed by atoms with Gasteiger partial charge in [0.05, 0.1) is 17.8 Å².